The first-order valence-corrected chi connectivity index (χ1v) is 7.97. The van der Waals surface area contributed by atoms with E-state index in [-0.39, 0.29) is 29.1 Å². The number of carboxylic acid groups (broad SMARTS) is 1. The van der Waals surface area contributed by atoms with E-state index in [2.05, 4.69) is 5.32 Å². The number of aliphatic carboxylic acids is 1. The molecule has 3 rings (SSSR count). The first-order valence-electron chi connectivity index (χ1n) is 6.93. The zero-order valence-corrected chi connectivity index (χ0v) is 12.7. The number of β-lactam (4-membered cyclic amide) rings is 1. The summed E-state index contributed by atoms with van der Waals surface area (Å²) in [7, 11) is 0. The van der Waals surface area contributed by atoms with Gasteiger partial charge in [-0.15, -0.1) is 11.8 Å². The summed E-state index contributed by atoms with van der Waals surface area (Å²) in [6, 6.07) is 5.61. The van der Waals surface area contributed by atoms with Crippen LogP contribution >= 0.6 is 11.8 Å². The third-order valence-corrected chi connectivity index (χ3v) is 4.84. The van der Waals surface area contributed by atoms with Crippen LogP contribution in [0.15, 0.2) is 36.0 Å². The number of hydrogen-bond acceptors (Lipinski definition) is 5. The van der Waals surface area contributed by atoms with Gasteiger partial charge < -0.3 is 15.5 Å². The largest absolute Gasteiger partial charge is 0.508 e. The Hall–Kier alpha value is -2.48. The molecule has 2 heterocycles. The predicted octanol–water partition coefficient (Wildman–Crippen LogP) is 0.303. The van der Waals surface area contributed by atoms with Crippen molar-refractivity contribution in [2.75, 3.05) is 5.75 Å². The normalized spacial score (nSPS) is 22.7. The molecule has 0 saturated carbocycles. The summed E-state index contributed by atoms with van der Waals surface area (Å²) >= 11 is 1.41. The van der Waals surface area contributed by atoms with Crippen molar-refractivity contribution in [3.8, 4) is 5.75 Å². The number of carbonyl (C=O) groups excluding carboxylic acids is 2. The highest BCUT2D eigenvalue weighted by Gasteiger charge is 2.52. The molecule has 0 radical (unpaired) electrons. The third kappa shape index (κ3) is 2.89. The minimum atomic E-state index is -1.15. The number of carboxylic acids is 1. The van der Waals surface area contributed by atoms with E-state index in [1.54, 1.807) is 12.1 Å². The van der Waals surface area contributed by atoms with Crippen molar-refractivity contribution in [1.82, 2.24) is 10.2 Å². The van der Waals surface area contributed by atoms with Gasteiger partial charge in [0, 0.05) is 5.75 Å². The molecule has 8 heteroatoms. The lowest BCUT2D eigenvalue weighted by Crippen LogP contribution is -2.70. The van der Waals surface area contributed by atoms with Crippen molar-refractivity contribution in [3.05, 3.63) is 41.6 Å². The Balaban J connectivity index is 1.64. The number of nitrogens with zero attached hydrogens (tertiary/aromatic N) is 1. The van der Waals surface area contributed by atoms with Gasteiger partial charge in [-0.1, -0.05) is 12.1 Å². The van der Waals surface area contributed by atoms with Gasteiger partial charge in [0.05, 0.1) is 6.42 Å². The molecule has 7 nitrogen and oxygen atoms in total. The molecule has 0 aromatic heterocycles. The van der Waals surface area contributed by atoms with E-state index in [9.17, 15) is 19.5 Å². The zero-order valence-electron chi connectivity index (χ0n) is 11.9. The highest BCUT2D eigenvalue weighted by Crippen LogP contribution is 2.37. The standard InChI is InChI=1S/C15H14N2O5S/c18-9-3-1-2-8(6-9)7-11(19)16-12-13(20)17-10(15(21)22)4-5-23-14(12)17/h1-4,6,12,14,18H,5,7H2,(H,16,19)(H,21,22)/t12?,14-/m1/s1. The summed E-state index contributed by atoms with van der Waals surface area (Å²) in [4.78, 5) is 36.5. The third-order valence-electron chi connectivity index (χ3n) is 3.66. The molecule has 2 atom stereocenters. The molecule has 0 aliphatic carbocycles. The zero-order chi connectivity index (χ0) is 16.6. The fourth-order valence-electron chi connectivity index (χ4n) is 2.61. The monoisotopic (exact) mass is 334 g/mol. The molecule has 23 heavy (non-hydrogen) atoms. The number of benzene rings is 1. The predicted molar refractivity (Wildman–Crippen MR) is 82.6 cm³/mol. The lowest BCUT2D eigenvalue weighted by molar-refractivity contribution is -0.150. The number of hydrogen-bond donors (Lipinski definition) is 3. The quantitative estimate of drug-likeness (QED) is 0.684. The van der Waals surface area contributed by atoms with Crippen LogP contribution in [-0.2, 0) is 20.8 Å². The molecule has 1 fully saturated rings. The smallest absolute Gasteiger partial charge is 0.352 e. The number of amides is 2. The van der Waals surface area contributed by atoms with Crippen LogP contribution in [0.4, 0.5) is 0 Å². The van der Waals surface area contributed by atoms with Crippen molar-refractivity contribution in [3.63, 3.8) is 0 Å². The van der Waals surface area contributed by atoms with E-state index in [0.29, 0.717) is 11.3 Å². The van der Waals surface area contributed by atoms with Crippen LogP contribution in [0.2, 0.25) is 0 Å². The molecule has 1 unspecified atom stereocenters. The van der Waals surface area contributed by atoms with Crippen LogP contribution in [0.25, 0.3) is 0 Å². The van der Waals surface area contributed by atoms with Crippen LogP contribution in [-0.4, -0.2) is 50.1 Å². The van der Waals surface area contributed by atoms with Crippen LogP contribution in [0.5, 0.6) is 5.75 Å². The maximum absolute atomic E-state index is 12.1. The van der Waals surface area contributed by atoms with Crippen LogP contribution < -0.4 is 5.32 Å². The molecule has 1 aromatic carbocycles. The Bertz CT molecular complexity index is 718. The lowest BCUT2D eigenvalue weighted by Gasteiger charge is -2.48. The first-order chi connectivity index (χ1) is 11.0. The summed E-state index contributed by atoms with van der Waals surface area (Å²) in [6.45, 7) is 0. The summed E-state index contributed by atoms with van der Waals surface area (Å²) < 4.78 is 0. The molecule has 1 saturated heterocycles. The van der Waals surface area contributed by atoms with Gasteiger partial charge in [0.15, 0.2) is 0 Å². The van der Waals surface area contributed by atoms with Crippen LogP contribution in [0.3, 0.4) is 0 Å². The fraction of sp³-hybridized carbons (Fsp3) is 0.267. The van der Waals surface area contributed by atoms with E-state index >= 15 is 0 Å². The van der Waals surface area contributed by atoms with Gasteiger partial charge in [-0.3, -0.25) is 14.5 Å². The van der Waals surface area contributed by atoms with Gasteiger partial charge in [0.25, 0.3) is 5.91 Å². The number of phenols is 1. The summed E-state index contributed by atoms with van der Waals surface area (Å²) in [6.07, 6.45) is 1.53. The number of fused-ring (bicyclic) bond motifs is 1. The SMILES string of the molecule is O=C(Cc1cccc(O)c1)NC1C(=O)N2C(C(=O)O)=CCS[C@H]12. The van der Waals surface area contributed by atoms with Gasteiger partial charge in [-0.25, -0.2) is 4.79 Å². The van der Waals surface area contributed by atoms with Crippen LogP contribution in [0, 0.1) is 0 Å². The maximum Gasteiger partial charge on any atom is 0.352 e. The topological polar surface area (TPSA) is 107 Å². The van der Waals surface area contributed by atoms with Crippen molar-refractivity contribution < 1.29 is 24.6 Å². The number of nitrogens with one attached hydrogen (secondary N) is 1. The molecule has 2 amide bonds. The molecule has 2 aliphatic heterocycles. The van der Waals surface area contributed by atoms with Crippen LogP contribution in [0.1, 0.15) is 5.56 Å². The molecule has 120 valence electrons. The molecule has 0 spiro atoms. The van der Waals surface area contributed by atoms with Crippen molar-refractivity contribution >= 4 is 29.5 Å². The Kier molecular flexibility index (Phi) is 3.99. The molecular formula is C15H14N2O5S. The van der Waals surface area contributed by atoms with E-state index in [4.69, 9.17) is 5.11 Å². The average Bonchev–Trinajstić information content (AvgIpc) is 2.51. The number of rotatable bonds is 4. The lowest BCUT2D eigenvalue weighted by atomic mass is 10.0. The Labute approximate surface area is 136 Å². The summed E-state index contributed by atoms with van der Waals surface area (Å²) in [5, 5.41) is 20.7. The number of thioether (sulfide) groups is 1. The number of aromatic hydroxyl groups is 1. The van der Waals surface area contributed by atoms with E-state index in [1.165, 1.54) is 34.9 Å². The molecule has 1 aromatic rings. The van der Waals surface area contributed by atoms with Gasteiger partial charge in [0.1, 0.15) is 22.9 Å². The van der Waals surface area contributed by atoms with Crippen molar-refractivity contribution in [2.24, 2.45) is 0 Å². The second kappa shape index (κ2) is 5.96. The van der Waals surface area contributed by atoms with E-state index < -0.39 is 17.9 Å². The second-order valence-corrected chi connectivity index (χ2v) is 6.37. The second-order valence-electron chi connectivity index (χ2n) is 5.22. The van der Waals surface area contributed by atoms with Gasteiger partial charge in [-0.2, -0.15) is 0 Å². The number of phenolic OH excluding ortho intramolecular Hbond substituents is 1. The fourth-order valence-corrected chi connectivity index (χ4v) is 3.81. The van der Waals surface area contributed by atoms with Gasteiger partial charge >= 0.3 is 5.97 Å². The number of carbonyl (C=O) groups is 3. The highest BCUT2D eigenvalue weighted by atomic mass is 32.2. The molecule has 2 aliphatic rings. The van der Waals surface area contributed by atoms with Crippen molar-refractivity contribution in [2.45, 2.75) is 17.8 Å². The summed E-state index contributed by atoms with van der Waals surface area (Å²) in [5.41, 5.74) is 0.603. The Morgan fingerprint density at radius 1 is 1.39 bits per heavy atom. The van der Waals surface area contributed by atoms with E-state index in [1.807, 2.05) is 0 Å². The Morgan fingerprint density at radius 2 is 2.17 bits per heavy atom. The maximum atomic E-state index is 12.1. The van der Waals surface area contributed by atoms with Crippen molar-refractivity contribution in [1.29, 1.82) is 0 Å². The molecular weight excluding hydrogens is 320 g/mol. The Morgan fingerprint density at radius 3 is 2.87 bits per heavy atom. The highest BCUT2D eigenvalue weighted by molar-refractivity contribution is 8.00. The van der Waals surface area contributed by atoms with Gasteiger partial charge in [0.2, 0.25) is 5.91 Å². The molecule has 0 bridgehead atoms. The van der Waals surface area contributed by atoms with E-state index in [0.717, 1.165) is 0 Å². The van der Waals surface area contributed by atoms with Gasteiger partial charge in [-0.05, 0) is 23.8 Å². The first kappa shape index (κ1) is 15.4. The minimum absolute atomic E-state index is 0.0303. The minimum Gasteiger partial charge on any atom is -0.508 e. The average molecular weight is 334 g/mol. The summed E-state index contributed by atoms with van der Waals surface area (Å²) in [5.74, 6) is -1.36. The molecule has 3 N–H and O–H groups in total.